The smallest absolute Gasteiger partial charge is 0.143 e. The maximum Gasteiger partial charge on any atom is 0.143 e. The summed E-state index contributed by atoms with van der Waals surface area (Å²) in [5, 5.41) is 2.94. The first kappa shape index (κ1) is 6.96. The molecule has 0 saturated carbocycles. The van der Waals surface area contributed by atoms with Gasteiger partial charge >= 0.3 is 0 Å². The fourth-order valence-electron chi connectivity index (χ4n) is 0.829. The average Bonchev–Trinajstić information content (AvgIpc) is 1.92. The van der Waals surface area contributed by atoms with E-state index in [1.807, 2.05) is 0 Å². The van der Waals surface area contributed by atoms with E-state index in [0.717, 1.165) is 6.54 Å². The van der Waals surface area contributed by atoms with Crippen LogP contribution in [0.25, 0.3) is 0 Å². The van der Waals surface area contributed by atoms with E-state index in [9.17, 15) is 4.39 Å². The summed E-state index contributed by atoms with van der Waals surface area (Å²) in [7, 11) is 0. The van der Waals surface area contributed by atoms with Gasteiger partial charge < -0.3 is 10.1 Å². The zero-order chi connectivity index (χ0) is 6.74. The number of rotatable bonds is 0. The highest BCUT2D eigenvalue weighted by Crippen LogP contribution is 2.10. The molecule has 1 saturated heterocycles. The van der Waals surface area contributed by atoms with Crippen LogP contribution in [0.4, 0.5) is 4.39 Å². The summed E-state index contributed by atoms with van der Waals surface area (Å²) in [5.74, 6) is 0. The van der Waals surface area contributed by atoms with Crippen LogP contribution in [0.15, 0.2) is 0 Å². The largest absolute Gasteiger partial charge is 0.377 e. The van der Waals surface area contributed by atoms with E-state index in [4.69, 9.17) is 4.74 Å². The maximum atomic E-state index is 12.9. The summed E-state index contributed by atoms with van der Waals surface area (Å²) in [5.41, 5.74) is -1.17. The van der Waals surface area contributed by atoms with Crippen LogP contribution in [0.5, 0.6) is 0 Å². The summed E-state index contributed by atoms with van der Waals surface area (Å²) in [6, 6.07) is 0. The normalized spacial score (nSPS) is 38.0. The molecular weight excluding hydrogens is 121 g/mol. The molecule has 1 aliphatic rings. The maximum absolute atomic E-state index is 12.9. The Morgan fingerprint density at radius 1 is 1.67 bits per heavy atom. The average molecular weight is 133 g/mol. The molecule has 1 aliphatic heterocycles. The molecule has 0 aromatic carbocycles. The van der Waals surface area contributed by atoms with Gasteiger partial charge in [-0.2, -0.15) is 0 Å². The zero-order valence-electron chi connectivity index (χ0n) is 5.61. The quantitative estimate of drug-likeness (QED) is 0.514. The van der Waals surface area contributed by atoms with Crippen LogP contribution >= 0.6 is 0 Å². The number of hydrogen-bond acceptors (Lipinski definition) is 2. The molecule has 0 aromatic heterocycles. The Labute approximate surface area is 54.4 Å². The lowest BCUT2D eigenvalue weighted by Crippen LogP contribution is -2.34. The predicted octanol–water partition coefficient (Wildman–Crippen LogP) is 0.334. The van der Waals surface area contributed by atoms with Crippen molar-refractivity contribution in [3.8, 4) is 0 Å². The lowest BCUT2D eigenvalue weighted by Gasteiger charge is -2.15. The lowest BCUT2D eigenvalue weighted by molar-refractivity contribution is 0.0503. The van der Waals surface area contributed by atoms with Crippen molar-refractivity contribution >= 4 is 0 Å². The molecule has 0 aromatic rings. The van der Waals surface area contributed by atoms with Crippen molar-refractivity contribution in [3.05, 3.63) is 0 Å². The molecule has 1 N–H and O–H groups in total. The van der Waals surface area contributed by atoms with Gasteiger partial charge in [-0.05, 0) is 6.92 Å². The van der Waals surface area contributed by atoms with E-state index < -0.39 is 5.67 Å². The van der Waals surface area contributed by atoms with E-state index in [1.54, 1.807) is 6.92 Å². The van der Waals surface area contributed by atoms with Gasteiger partial charge in [0.25, 0.3) is 0 Å². The Balaban J connectivity index is 2.36. The molecule has 0 spiro atoms. The van der Waals surface area contributed by atoms with Crippen LogP contribution in [0.2, 0.25) is 0 Å². The fourth-order valence-corrected chi connectivity index (χ4v) is 0.829. The summed E-state index contributed by atoms with van der Waals surface area (Å²) >= 11 is 0. The van der Waals surface area contributed by atoms with Crippen molar-refractivity contribution in [2.75, 3.05) is 26.3 Å². The highest BCUT2D eigenvalue weighted by atomic mass is 19.1. The molecular formula is C6H12FNO. The number of halogens is 1. The molecule has 0 radical (unpaired) electrons. The number of alkyl halides is 1. The van der Waals surface area contributed by atoms with Crippen molar-refractivity contribution in [1.82, 2.24) is 5.32 Å². The topological polar surface area (TPSA) is 21.3 Å². The van der Waals surface area contributed by atoms with Crippen LogP contribution in [0.1, 0.15) is 6.92 Å². The third kappa shape index (κ3) is 2.28. The second-order valence-corrected chi connectivity index (χ2v) is 2.64. The fraction of sp³-hybridized carbons (Fsp3) is 1.00. The molecule has 54 valence electrons. The summed E-state index contributed by atoms with van der Waals surface area (Å²) in [4.78, 5) is 0. The zero-order valence-corrected chi connectivity index (χ0v) is 5.61. The van der Waals surface area contributed by atoms with Gasteiger partial charge in [-0.3, -0.25) is 0 Å². The SMILES string of the molecule is C[C@]1(F)CNCCOC1. The summed E-state index contributed by atoms with van der Waals surface area (Å²) < 4.78 is 17.9. The van der Waals surface area contributed by atoms with Gasteiger partial charge in [-0.25, -0.2) is 4.39 Å². The van der Waals surface area contributed by atoms with Gasteiger partial charge in [0.1, 0.15) is 5.67 Å². The van der Waals surface area contributed by atoms with E-state index in [0.29, 0.717) is 13.2 Å². The van der Waals surface area contributed by atoms with Crippen LogP contribution < -0.4 is 5.32 Å². The Morgan fingerprint density at radius 3 is 3.22 bits per heavy atom. The number of ether oxygens (including phenoxy) is 1. The number of nitrogens with one attached hydrogen (secondary N) is 1. The van der Waals surface area contributed by atoms with Crippen molar-refractivity contribution in [2.45, 2.75) is 12.6 Å². The molecule has 0 aliphatic carbocycles. The first-order valence-electron chi connectivity index (χ1n) is 3.18. The highest BCUT2D eigenvalue weighted by Gasteiger charge is 2.24. The molecule has 1 heterocycles. The molecule has 0 bridgehead atoms. The molecule has 3 heteroatoms. The molecule has 2 nitrogen and oxygen atoms in total. The van der Waals surface area contributed by atoms with Gasteiger partial charge in [-0.1, -0.05) is 0 Å². The van der Waals surface area contributed by atoms with Crippen LogP contribution in [0.3, 0.4) is 0 Å². The highest BCUT2D eigenvalue weighted by molar-refractivity contribution is 4.77. The van der Waals surface area contributed by atoms with E-state index in [-0.39, 0.29) is 6.61 Å². The summed E-state index contributed by atoms with van der Waals surface area (Å²) in [6.45, 7) is 3.57. The first-order chi connectivity index (χ1) is 4.21. The van der Waals surface area contributed by atoms with Crippen molar-refractivity contribution in [3.63, 3.8) is 0 Å². The van der Waals surface area contributed by atoms with Crippen molar-refractivity contribution < 1.29 is 9.13 Å². The molecule has 1 rings (SSSR count). The minimum atomic E-state index is -1.17. The molecule has 1 atom stereocenters. The lowest BCUT2D eigenvalue weighted by atomic mass is 10.1. The summed E-state index contributed by atoms with van der Waals surface area (Å²) in [6.07, 6.45) is 0. The minimum absolute atomic E-state index is 0.222. The monoisotopic (exact) mass is 133 g/mol. The third-order valence-electron chi connectivity index (χ3n) is 1.32. The molecule has 9 heavy (non-hydrogen) atoms. The number of hydrogen-bond donors (Lipinski definition) is 1. The van der Waals surface area contributed by atoms with Gasteiger partial charge in [0.15, 0.2) is 0 Å². The van der Waals surface area contributed by atoms with Crippen molar-refractivity contribution in [2.24, 2.45) is 0 Å². The molecule has 0 amide bonds. The van der Waals surface area contributed by atoms with E-state index in [2.05, 4.69) is 5.32 Å². The van der Waals surface area contributed by atoms with Crippen LogP contribution in [-0.4, -0.2) is 32.0 Å². The Bertz CT molecular complexity index is 85.1. The van der Waals surface area contributed by atoms with Crippen LogP contribution in [-0.2, 0) is 4.74 Å². The standard InChI is InChI=1S/C6H12FNO/c1-6(7)4-8-2-3-9-5-6/h8H,2-5H2,1H3/t6-/m0/s1. The van der Waals surface area contributed by atoms with Gasteiger partial charge in [0.2, 0.25) is 0 Å². The van der Waals surface area contributed by atoms with Gasteiger partial charge in [0.05, 0.1) is 13.2 Å². The second-order valence-electron chi connectivity index (χ2n) is 2.64. The Morgan fingerprint density at radius 2 is 2.44 bits per heavy atom. The Kier molecular flexibility index (Phi) is 2.03. The van der Waals surface area contributed by atoms with Crippen LogP contribution in [0, 0.1) is 0 Å². The van der Waals surface area contributed by atoms with Crippen molar-refractivity contribution in [1.29, 1.82) is 0 Å². The Hall–Kier alpha value is -0.150. The molecule has 1 fully saturated rings. The minimum Gasteiger partial charge on any atom is -0.377 e. The third-order valence-corrected chi connectivity index (χ3v) is 1.32. The van der Waals surface area contributed by atoms with Gasteiger partial charge in [-0.15, -0.1) is 0 Å². The first-order valence-corrected chi connectivity index (χ1v) is 3.18. The van der Waals surface area contributed by atoms with E-state index >= 15 is 0 Å². The second kappa shape index (κ2) is 2.62. The predicted molar refractivity (Wildman–Crippen MR) is 33.2 cm³/mol. The van der Waals surface area contributed by atoms with E-state index in [1.165, 1.54) is 0 Å². The molecule has 0 unspecified atom stereocenters. The van der Waals surface area contributed by atoms with Gasteiger partial charge in [0, 0.05) is 13.1 Å².